The fourth-order valence-electron chi connectivity index (χ4n) is 2.24. The summed E-state index contributed by atoms with van der Waals surface area (Å²) in [7, 11) is 0. The lowest BCUT2D eigenvalue weighted by Gasteiger charge is -2.07. The smallest absolute Gasteiger partial charge is 0.231 e. The van der Waals surface area contributed by atoms with Crippen LogP contribution in [0.4, 0.5) is 0 Å². The quantitative estimate of drug-likeness (QED) is 0.905. The van der Waals surface area contributed by atoms with Crippen LogP contribution in [-0.2, 0) is 0 Å². The average Bonchev–Trinajstić information content (AvgIpc) is 2.98. The van der Waals surface area contributed by atoms with E-state index in [1.807, 2.05) is 24.3 Å². The topological polar surface area (TPSA) is 51.0 Å². The summed E-state index contributed by atoms with van der Waals surface area (Å²) < 4.78 is 5.37. The molecule has 0 radical (unpaired) electrons. The normalized spacial score (nSPS) is 23.4. The Bertz CT molecular complexity index is 537. The molecule has 1 N–H and O–H groups in total. The summed E-state index contributed by atoms with van der Waals surface area (Å²) in [5, 5.41) is 8.07. The molecule has 1 aromatic carbocycles. The summed E-state index contributed by atoms with van der Waals surface area (Å²) in [6, 6.07) is 7.44. The molecule has 2 atom stereocenters. The minimum atomic E-state index is 0.318. The van der Waals surface area contributed by atoms with Crippen molar-refractivity contribution < 1.29 is 4.52 Å². The Morgan fingerprint density at radius 1 is 1.28 bits per heavy atom. The number of halogens is 1. The lowest BCUT2D eigenvalue weighted by molar-refractivity contribution is 0.340. The van der Waals surface area contributed by atoms with Crippen molar-refractivity contribution in [2.24, 2.45) is 5.92 Å². The van der Waals surface area contributed by atoms with Crippen molar-refractivity contribution in [3.63, 3.8) is 0 Å². The summed E-state index contributed by atoms with van der Waals surface area (Å²) in [6.45, 7) is 4.10. The van der Waals surface area contributed by atoms with Gasteiger partial charge >= 0.3 is 0 Å². The molecule has 0 aliphatic carbocycles. The molecule has 0 amide bonds. The number of hydrogen-bond donors (Lipinski definition) is 1. The van der Waals surface area contributed by atoms with Gasteiger partial charge in [0.05, 0.1) is 5.92 Å². The minimum Gasteiger partial charge on any atom is -0.339 e. The number of benzene rings is 1. The summed E-state index contributed by atoms with van der Waals surface area (Å²) in [6.07, 6.45) is 0. The zero-order chi connectivity index (χ0) is 12.5. The van der Waals surface area contributed by atoms with Gasteiger partial charge in [0.25, 0.3) is 0 Å². The molecule has 2 unspecified atom stereocenters. The Morgan fingerprint density at radius 3 is 2.72 bits per heavy atom. The van der Waals surface area contributed by atoms with Crippen LogP contribution in [0.1, 0.15) is 18.7 Å². The summed E-state index contributed by atoms with van der Waals surface area (Å²) >= 11 is 5.85. The number of rotatable bonds is 2. The predicted octanol–water partition coefficient (Wildman–Crippen LogP) is 2.71. The largest absolute Gasteiger partial charge is 0.339 e. The zero-order valence-corrected chi connectivity index (χ0v) is 10.8. The lowest BCUT2D eigenvalue weighted by atomic mass is 9.98. The molecule has 0 saturated carbocycles. The number of nitrogens with zero attached hydrogens (tertiary/aromatic N) is 2. The van der Waals surface area contributed by atoms with Crippen molar-refractivity contribution in [3.05, 3.63) is 35.2 Å². The number of hydrogen-bond acceptors (Lipinski definition) is 4. The molecule has 1 aliphatic rings. The van der Waals surface area contributed by atoms with Crippen LogP contribution in [-0.4, -0.2) is 23.2 Å². The molecule has 4 nitrogen and oxygen atoms in total. The number of nitrogens with one attached hydrogen (secondary N) is 1. The molecule has 2 aromatic rings. The van der Waals surface area contributed by atoms with Crippen LogP contribution in [0.2, 0.25) is 5.02 Å². The SMILES string of the molecule is CC1CNCC1c1nc(-c2ccc(Cl)cc2)no1. The summed E-state index contributed by atoms with van der Waals surface area (Å²) in [5.41, 5.74) is 0.924. The number of aromatic nitrogens is 2. The Morgan fingerprint density at radius 2 is 2.06 bits per heavy atom. The van der Waals surface area contributed by atoms with Gasteiger partial charge < -0.3 is 9.84 Å². The highest BCUT2D eigenvalue weighted by Crippen LogP contribution is 2.28. The zero-order valence-electron chi connectivity index (χ0n) is 10.1. The molecule has 94 valence electrons. The first-order valence-electron chi connectivity index (χ1n) is 6.04. The second kappa shape index (κ2) is 4.71. The van der Waals surface area contributed by atoms with Crippen molar-refractivity contribution in [1.82, 2.24) is 15.5 Å². The molecular formula is C13H14ClN3O. The second-order valence-electron chi connectivity index (χ2n) is 4.71. The first-order valence-corrected chi connectivity index (χ1v) is 6.42. The van der Waals surface area contributed by atoms with Gasteiger partial charge in [-0.1, -0.05) is 23.7 Å². The first-order chi connectivity index (χ1) is 8.74. The molecular weight excluding hydrogens is 250 g/mol. The van der Waals surface area contributed by atoms with Gasteiger partial charge in [0, 0.05) is 17.1 Å². The van der Waals surface area contributed by atoms with Crippen molar-refractivity contribution in [3.8, 4) is 11.4 Å². The van der Waals surface area contributed by atoms with Crippen LogP contribution in [0.3, 0.4) is 0 Å². The molecule has 5 heteroatoms. The molecule has 3 rings (SSSR count). The van der Waals surface area contributed by atoms with Crippen molar-refractivity contribution in [2.45, 2.75) is 12.8 Å². The van der Waals surface area contributed by atoms with Gasteiger partial charge in [-0.15, -0.1) is 0 Å². The molecule has 1 saturated heterocycles. The van der Waals surface area contributed by atoms with Crippen molar-refractivity contribution in [1.29, 1.82) is 0 Å². The molecule has 0 spiro atoms. The average molecular weight is 264 g/mol. The standard InChI is InChI=1S/C13H14ClN3O/c1-8-6-15-7-11(8)13-16-12(17-18-13)9-2-4-10(14)5-3-9/h2-5,8,11,15H,6-7H2,1H3. The van der Waals surface area contributed by atoms with Gasteiger partial charge in [-0.05, 0) is 36.7 Å². The van der Waals surface area contributed by atoms with Crippen molar-refractivity contribution >= 4 is 11.6 Å². The highest BCUT2D eigenvalue weighted by molar-refractivity contribution is 6.30. The predicted molar refractivity (Wildman–Crippen MR) is 69.5 cm³/mol. The summed E-state index contributed by atoms with van der Waals surface area (Å²) in [5.74, 6) is 2.19. The lowest BCUT2D eigenvalue weighted by Crippen LogP contribution is -2.08. The fraction of sp³-hybridized carbons (Fsp3) is 0.385. The Labute approximate surface area is 110 Å². The van der Waals surface area contributed by atoms with Gasteiger partial charge in [-0.25, -0.2) is 0 Å². The van der Waals surface area contributed by atoms with E-state index in [1.54, 1.807) is 0 Å². The van der Waals surface area contributed by atoms with E-state index in [2.05, 4.69) is 22.4 Å². The van der Waals surface area contributed by atoms with Crippen LogP contribution >= 0.6 is 11.6 Å². The summed E-state index contributed by atoms with van der Waals surface area (Å²) in [4.78, 5) is 4.48. The third-order valence-corrected chi connectivity index (χ3v) is 3.63. The molecule has 1 fully saturated rings. The van der Waals surface area contributed by atoms with Gasteiger partial charge in [0.2, 0.25) is 11.7 Å². The third-order valence-electron chi connectivity index (χ3n) is 3.38. The fourth-order valence-corrected chi connectivity index (χ4v) is 2.37. The minimum absolute atomic E-state index is 0.318. The van der Waals surface area contributed by atoms with Crippen LogP contribution < -0.4 is 5.32 Å². The van der Waals surface area contributed by atoms with E-state index in [0.29, 0.717) is 22.7 Å². The monoisotopic (exact) mass is 263 g/mol. The van der Waals surface area contributed by atoms with Gasteiger partial charge in [-0.3, -0.25) is 0 Å². The van der Waals surface area contributed by atoms with Gasteiger partial charge in [-0.2, -0.15) is 4.98 Å². The first kappa shape index (κ1) is 11.7. The maximum atomic E-state index is 5.85. The van der Waals surface area contributed by atoms with E-state index >= 15 is 0 Å². The van der Waals surface area contributed by atoms with Gasteiger partial charge in [0.1, 0.15) is 0 Å². The molecule has 1 aliphatic heterocycles. The third kappa shape index (κ3) is 2.13. The maximum Gasteiger partial charge on any atom is 0.231 e. The van der Waals surface area contributed by atoms with Crippen LogP contribution in [0.5, 0.6) is 0 Å². The molecule has 0 bridgehead atoms. The van der Waals surface area contributed by atoms with E-state index in [9.17, 15) is 0 Å². The Hall–Kier alpha value is -1.39. The Balaban J connectivity index is 1.87. The maximum absolute atomic E-state index is 5.85. The molecule has 2 heterocycles. The van der Waals surface area contributed by atoms with E-state index in [-0.39, 0.29) is 0 Å². The van der Waals surface area contributed by atoms with Crippen LogP contribution in [0, 0.1) is 5.92 Å². The highest BCUT2D eigenvalue weighted by atomic mass is 35.5. The highest BCUT2D eigenvalue weighted by Gasteiger charge is 2.29. The van der Waals surface area contributed by atoms with Crippen LogP contribution in [0.25, 0.3) is 11.4 Å². The van der Waals surface area contributed by atoms with E-state index in [0.717, 1.165) is 24.5 Å². The van der Waals surface area contributed by atoms with Gasteiger partial charge in [0.15, 0.2) is 0 Å². The Kier molecular flexibility index (Phi) is 3.06. The van der Waals surface area contributed by atoms with Crippen LogP contribution in [0.15, 0.2) is 28.8 Å². The van der Waals surface area contributed by atoms with Crippen molar-refractivity contribution in [2.75, 3.05) is 13.1 Å². The van der Waals surface area contributed by atoms with E-state index in [1.165, 1.54) is 0 Å². The van der Waals surface area contributed by atoms with E-state index < -0.39 is 0 Å². The van der Waals surface area contributed by atoms with E-state index in [4.69, 9.17) is 16.1 Å². The molecule has 18 heavy (non-hydrogen) atoms. The second-order valence-corrected chi connectivity index (χ2v) is 5.14. The molecule has 1 aromatic heterocycles.